The van der Waals surface area contributed by atoms with Crippen molar-refractivity contribution in [3.8, 4) is 5.75 Å². The Morgan fingerprint density at radius 2 is 2.08 bits per heavy atom. The minimum absolute atomic E-state index is 0.0544. The minimum Gasteiger partial charge on any atom is -0.494 e. The van der Waals surface area contributed by atoms with E-state index in [9.17, 15) is 9.28 Å². The van der Waals surface area contributed by atoms with E-state index in [0.717, 1.165) is 6.92 Å². The molecule has 0 aromatic heterocycles. The van der Waals surface area contributed by atoms with Crippen molar-refractivity contribution >= 4 is 11.6 Å². The van der Waals surface area contributed by atoms with E-state index in [0.29, 0.717) is 5.75 Å². The lowest BCUT2D eigenvalue weighted by Crippen LogP contribution is -2.18. The molecule has 3 nitrogen and oxygen atoms in total. The van der Waals surface area contributed by atoms with Gasteiger partial charge in [0.05, 0.1) is 7.11 Å². The quantitative estimate of drug-likeness (QED) is 0.655. The SMILES string of the molecule is COc1ccccc1N(F)C(C)=O. The maximum Gasteiger partial charge on any atom is 0.252 e. The summed E-state index contributed by atoms with van der Waals surface area (Å²) in [6.07, 6.45) is 0. The summed E-state index contributed by atoms with van der Waals surface area (Å²) in [7, 11) is 1.42. The number of para-hydroxylation sites is 2. The third kappa shape index (κ3) is 1.96. The summed E-state index contributed by atoms with van der Waals surface area (Å²) < 4.78 is 18.0. The lowest BCUT2D eigenvalue weighted by molar-refractivity contribution is -0.119. The Morgan fingerprint density at radius 1 is 1.46 bits per heavy atom. The van der Waals surface area contributed by atoms with Gasteiger partial charge in [0, 0.05) is 6.92 Å². The zero-order valence-electron chi connectivity index (χ0n) is 7.45. The molecule has 1 aromatic rings. The van der Waals surface area contributed by atoms with E-state index in [2.05, 4.69) is 0 Å². The van der Waals surface area contributed by atoms with Crippen molar-refractivity contribution in [2.45, 2.75) is 6.92 Å². The number of benzene rings is 1. The number of carbonyl (C=O) groups is 1. The van der Waals surface area contributed by atoms with Crippen LogP contribution in [0.4, 0.5) is 10.2 Å². The Hall–Kier alpha value is -1.58. The summed E-state index contributed by atoms with van der Waals surface area (Å²) in [5, 5.41) is 0.0544. The molecular formula is C9H10FNO2. The van der Waals surface area contributed by atoms with Crippen LogP contribution in [0, 0.1) is 0 Å². The van der Waals surface area contributed by atoms with Crippen molar-refractivity contribution in [1.82, 2.24) is 0 Å². The second-order valence-corrected chi connectivity index (χ2v) is 2.47. The molecule has 1 amide bonds. The van der Waals surface area contributed by atoms with Crippen molar-refractivity contribution < 1.29 is 14.0 Å². The summed E-state index contributed by atoms with van der Waals surface area (Å²) in [5.74, 6) is -0.343. The van der Waals surface area contributed by atoms with Crippen LogP contribution < -0.4 is 9.86 Å². The van der Waals surface area contributed by atoms with Gasteiger partial charge in [-0.3, -0.25) is 4.79 Å². The molecule has 0 aliphatic carbocycles. The number of anilines is 1. The smallest absolute Gasteiger partial charge is 0.252 e. The molecule has 0 aliphatic rings. The number of rotatable bonds is 2. The van der Waals surface area contributed by atoms with Gasteiger partial charge in [0.2, 0.25) is 0 Å². The number of methoxy groups -OCH3 is 1. The van der Waals surface area contributed by atoms with Crippen LogP contribution in [-0.2, 0) is 4.79 Å². The lowest BCUT2D eigenvalue weighted by atomic mass is 10.3. The molecule has 4 heteroatoms. The number of nitrogens with zero attached hydrogens (tertiary/aromatic N) is 1. The molecule has 0 N–H and O–H groups in total. The highest BCUT2D eigenvalue weighted by molar-refractivity contribution is 5.90. The van der Waals surface area contributed by atoms with Gasteiger partial charge in [0.1, 0.15) is 11.4 Å². The number of hydrogen-bond acceptors (Lipinski definition) is 2. The fraction of sp³-hybridized carbons (Fsp3) is 0.222. The largest absolute Gasteiger partial charge is 0.494 e. The summed E-state index contributed by atoms with van der Waals surface area (Å²) in [6.45, 7) is 1.15. The highest BCUT2D eigenvalue weighted by atomic mass is 19.2. The predicted molar refractivity (Wildman–Crippen MR) is 47.3 cm³/mol. The van der Waals surface area contributed by atoms with Gasteiger partial charge in [-0.1, -0.05) is 16.6 Å². The fourth-order valence-corrected chi connectivity index (χ4v) is 0.962. The van der Waals surface area contributed by atoms with Crippen LogP contribution in [0.1, 0.15) is 6.92 Å². The number of hydrogen-bond donors (Lipinski definition) is 0. The summed E-state index contributed by atoms with van der Waals surface area (Å²) in [4.78, 5) is 10.7. The van der Waals surface area contributed by atoms with Crippen molar-refractivity contribution in [3.05, 3.63) is 24.3 Å². The molecule has 0 aliphatic heterocycles. The fourth-order valence-electron chi connectivity index (χ4n) is 0.962. The van der Waals surface area contributed by atoms with E-state index < -0.39 is 5.91 Å². The van der Waals surface area contributed by atoms with E-state index >= 15 is 0 Å². The molecule has 0 bridgehead atoms. The zero-order valence-corrected chi connectivity index (χ0v) is 7.45. The van der Waals surface area contributed by atoms with Crippen LogP contribution >= 0.6 is 0 Å². The maximum absolute atomic E-state index is 13.1. The monoisotopic (exact) mass is 183 g/mol. The van der Waals surface area contributed by atoms with Crippen LogP contribution in [0.15, 0.2) is 24.3 Å². The maximum atomic E-state index is 13.1. The van der Waals surface area contributed by atoms with Gasteiger partial charge in [-0.05, 0) is 12.1 Å². The van der Waals surface area contributed by atoms with Crippen molar-refractivity contribution in [3.63, 3.8) is 0 Å². The van der Waals surface area contributed by atoms with E-state index in [-0.39, 0.29) is 10.8 Å². The standard InChI is InChI=1S/C9H10FNO2/c1-7(12)11(10)8-5-3-4-6-9(8)13-2/h3-6H,1-2H3. The molecule has 0 heterocycles. The highest BCUT2D eigenvalue weighted by Gasteiger charge is 2.14. The van der Waals surface area contributed by atoms with E-state index in [4.69, 9.17) is 4.74 Å². The van der Waals surface area contributed by atoms with Crippen LogP contribution in [0.5, 0.6) is 5.75 Å². The van der Waals surface area contributed by atoms with Crippen LogP contribution in [-0.4, -0.2) is 13.0 Å². The van der Waals surface area contributed by atoms with Gasteiger partial charge >= 0.3 is 0 Å². The Kier molecular flexibility index (Phi) is 2.84. The molecule has 1 aromatic carbocycles. The van der Waals surface area contributed by atoms with Crippen molar-refractivity contribution in [1.29, 1.82) is 0 Å². The van der Waals surface area contributed by atoms with Gasteiger partial charge in [-0.25, -0.2) is 0 Å². The Balaban J connectivity index is 3.05. The van der Waals surface area contributed by atoms with Crippen LogP contribution in [0.25, 0.3) is 0 Å². The molecule has 0 spiro atoms. The zero-order chi connectivity index (χ0) is 9.84. The van der Waals surface area contributed by atoms with Gasteiger partial charge in [0.15, 0.2) is 0 Å². The lowest BCUT2D eigenvalue weighted by Gasteiger charge is -2.12. The van der Waals surface area contributed by atoms with Crippen LogP contribution in [0.2, 0.25) is 0 Å². The molecule has 0 unspecified atom stereocenters. The van der Waals surface area contributed by atoms with Crippen molar-refractivity contribution in [2.24, 2.45) is 0 Å². The predicted octanol–water partition coefficient (Wildman–Crippen LogP) is 1.93. The molecular weight excluding hydrogens is 173 g/mol. The molecule has 0 atom stereocenters. The van der Waals surface area contributed by atoms with Gasteiger partial charge < -0.3 is 4.74 Å². The Labute approximate surface area is 75.7 Å². The number of carbonyl (C=O) groups excluding carboxylic acids is 1. The van der Waals surface area contributed by atoms with Crippen LogP contribution in [0.3, 0.4) is 0 Å². The van der Waals surface area contributed by atoms with Gasteiger partial charge in [0.25, 0.3) is 5.91 Å². The molecule has 0 radical (unpaired) electrons. The minimum atomic E-state index is -0.676. The van der Waals surface area contributed by atoms with Crippen molar-refractivity contribution in [2.75, 3.05) is 12.2 Å². The molecule has 13 heavy (non-hydrogen) atoms. The number of halogens is 1. The summed E-state index contributed by atoms with van der Waals surface area (Å²) >= 11 is 0. The topological polar surface area (TPSA) is 29.5 Å². The van der Waals surface area contributed by atoms with E-state index in [1.165, 1.54) is 13.2 Å². The average molecular weight is 183 g/mol. The van der Waals surface area contributed by atoms with E-state index in [1.54, 1.807) is 18.2 Å². The molecule has 0 fully saturated rings. The van der Waals surface area contributed by atoms with Gasteiger partial charge in [-0.2, -0.15) is 0 Å². The number of ether oxygens (including phenoxy) is 1. The summed E-state index contributed by atoms with van der Waals surface area (Å²) in [5.41, 5.74) is 0.123. The normalized spacial score (nSPS) is 9.46. The second-order valence-electron chi connectivity index (χ2n) is 2.47. The third-order valence-corrected chi connectivity index (χ3v) is 1.57. The molecule has 0 saturated heterocycles. The number of amides is 1. The first-order valence-corrected chi connectivity index (χ1v) is 3.76. The Bertz CT molecular complexity index is 314. The first kappa shape index (κ1) is 9.51. The van der Waals surface area contributed by atoms with Gasteiger partial charge in [-0.15, -0.1) is 5.12 Å². The first-order valence-electron chi connectivity index (χ1n) is 3.76. The first-order chi connectivity index (χ1) is 6.16. The second kappa shape index (κ2) is 3.89. The highest BCUT2D eigenvalue weighted by Crippen LogP contribution is 2.27. The molecule has 0 saturated carbocycles. The molecule has 1 rings (SSSR count). The Morgan fingerprint density at radius 3 is 2.62 bits per heavy atom. The third-order valence-electron chi connectivity index (χ3n) is 1.57. The molecule has 70 valence electrons. The van der Waals surface area contributed by atoms with E-state index in [1.807, 2.05) is 0 Å². The summed E-state index contributed by atoms with van der Waals surface area (Å²) in [6, 6.07) is 6.40. The average Bonchev–Trinajstić information content (AvgIpc) is 2.16.